The third kappa shape index (κ3) is 5.73. The average molecular weight is 496 g/mol. The van der Waals surface area contributed by atoms with Crippen molar-refractivity contribution in [3.63, 3.8) is 0 Å². The van der Waals surface area contributed by atoms with Gasteiger partial charge < -0.3 is 15.2 Å². The van der Waals surface area contributed by atoms with Crippen LogP contribution in [0.1, 0.15) is 21.6 Å². The van der Waals surface area contributed by atoms with Crippen LogP contribution >= 0.6 is 0 Å². The Bertz CT molecular complexity index is 1580. The lowest BCUT2D eigenvalue weighted by Crippen LogP contribution is -2.17. The van der Waals surface area contributed by atoms with Crippen LogP contribution in [0.3, 0.4) is 0 Å². The van der Waals surface area contributed by atoms with Crippen LogP contribution in [-0.4, -0.2) is 16.4 Å². The predicted molar refractivity (Wildman–Crippen MR) is 141 cm³/mol. The van der Waals surface area contributed by atoms with E-state index in [1.807, 2.05) is 28.8 Å². The number of hydrogen-bond donors (Lipinski definition) is 2. The normalized spacial score (nSPS) is 10.9. The van der Waals surface area contributed by atoms with E-state index in [9.17, 15) is 18.4 Å². The first-order chi connectivity index (χ1) is 17.9. The number of benzene rings is 4. The highest BCUT2D eigenvalue weighted by molar-refractivity contribution is 6.07. The Hall–Kier alpha value is -4.78. The van der Waals surface area contributed by atoms with E-state index >= 15 is 0 Å². The van der Waals surface area contributed by atoms with Crippen LogP contribution in [-0.2, 0) is 17.8 Å². The topological polar surface area (TPSA) is 63.1 Å². The van der Waals surface area contributed by atoms with Gasteiger partial charge in [0, 0.05) is 28.8 Å². The molecule has 0 spiro atoms. The highest BCUT2D eigenvalue weighted by Gasteiger charge is 2.17. The van der Waals surface area contributed by atoms with Crippen molar-refractivity contribution >= 4 is 34.1 Å². The standard InChI is InChI=1S/C30H23F2N3O2/c31-23-11-9-20(10-12-23)16-29(36)33-26-13-14-27-22(17-26)18-28(30(37)34-25-7-2-1-3-8-25)35(27)19-21-5-4-6-24(32)15-21/h1-15,17-18H,16,19H2,(H,33,36)(H,34,37). The van der Waals surface area contributed by atoms with Crippen molar-refractivity contribution in [2.75, 3.05) is 10.6 Å². The Morgan fingerprint density at radius 2 is 1.46 bits per heavy atom. The highest BCUT2D eigenvalue weighted by Crippen LogP contribution is 2.26. The van der Waals surface area contributed by atoms with E-state index in [0.717, 1.165) is 10.9 Å². The van der Waals surface area contributed by atoms with Gasteiger partial charge in [-0.2, -0.15) is 0 Å². The summed E-state index contributed by atoms with van der Waals surface area (Å²) in [4.78, 5) is 25.8. The molecule has 0 radical (unpaired) electrons. The third-order valence-electron chi connectivity index (χ3n) is 5.96. The second-order valence-corrected chi connectivity index (χ2v) is 8.69. The second kappa shape index (κ2) is 10.5. The van der Waals surface area contributed by atoms with Gasteiger partial charge in [0.1, 0.15) is 17.3 Å². The summed E-state index contributed by atoms with van der Waals surface area (Å²) in [6, 6.07) is 28.3. The molecular formula is C30H23F2N3O2. The number of para-hydroxylation sites is 1. The molecule has 0 unspecified atom stereocenters. The fraction of sp³-hybridized carbons (Fsp3) is 0.0667. The van der Waals surface area contributed by atoms with Gasteiger partial charge in [-0.25, -0.2) is 8.78 Å². The first-order valence-corrected chi connectivity index (χ1v) is 11.7. The molecule has 0 fully saturated rings. The molecule has 4 aromatic carbocycles. The van der Waals surface area contributed by atoms with E-state index in [1.54, 1.807) is 54.6 Å². The average Bonchev–Trinajstić information content (AvgIpc) is 3.23. The first kappa shape index (κ1) is 23.9. The molecule has 5 aromatic rings. The Balaban J connectivity index is 1.45. The summed E-state index contributed by atoms with van der Waals surface area (Å²) in [5, 5.41) is 6.51. The maximum Gasteiger partial charge on any atom is 0.272 e. The van der Waals surface area contributed by atoms with Gasteiger partial charge in [0.05, 0.1) is 6.42 Å². The van der Waals surface area contributed by atoms with Crippen molar-refractivity contribution in [1.29, 1.82) is 0 Å². The summed E-state index contributed by atoms with van der Waals surface area (Å²) >= 11 is 0. The summed E-state index contributed by atoms with van der Waals surface area (Å²) in [6.07, 6.45) is 0.101. The molecule has 184 valence electrons. The number of hydrogen-bond acceptors (Lipinski definition) is 2. The predicted octanol–water partition coefficient (Wildman–Crippen LogP) is 6.40. The summed E-state index contributed by atoms with van der Waals surface area (Å²) in [6.45, 7) is 0.287. The molecule has 0 aliphatic heterocycles. The Kier molecular flexibility index (Phi) is 6.76. The highest BCUT2D eigenvalue weighted by atomic mass is 19.1. The zero-order chi connectivity index (χ0) is 25.8. The zero-order valence-corrected chi connectivity index (χ0v) is 19.7. The maximum absolute atomic E-state index is 13.9. The van der Waals surface area contributed by atoms with Crippen molar-refractivity contribution in [3.05, 3.63) is 132 Å². The van der Waals surface area contributed by atoms with Crippen molar-refractivity contribution < 1.29 is 18.4 Å². The van der Waals surface area contributed by atoms with Gasteiger partial charge in [-0.05, 0) is 71.8 Å². The number of nitrogens with zero attached hydrogens (tertiary/aromatic N) is 1. The van der Waals surface area contributed by atoms with Crippen LogP contribution in [0.5, 0.6) is 0 Å². The largest absolute Gasteiger partial charge is 0.332 e. The van der Waals surface area contributed by atoms with Crippen molar-refractivity contribution in [2.45, 2.75) is 13.0 Å². The smallest absolute Gasteiger partial charge is 0.272 e. The number of carbonyl (C=O) groups is 2. The number of halogens is 2. The molecule has 0 saturated heterocycles. The second-order valence-electron chi connectivity index (χ2n) is 8.69. The van der Waals surface area contributed by atoms with E-state index in [0.29, 0.717) is 28.2 Å². The maximum atomic E-state index is 13.9. The van der Waals surface area contributed by atoms with Gasteiger partial charge in [0.15, 0.2) is 0 Å². The summed E-state index contributed by atoms with van der Waals surface area (Å²) in [7, 11) is 0. The molecule has 1 aromatic heterocycles. The van der Waals surface area contributed by atoms with Crippen LogP contribution in [0.4, 0.5) is 20.2 Å². The number of carbonyl (C=O) groups excluding carboxylic acids is 2. The summed E-state index contributed by atoms with van der Waals surface area (Å²) in [5.41, 5.74) is 3.79. The minimum atomic E-state index is -0.357. The first-order valence-electron chi connectivity index (χ1n) is 11.7. The van der Waals surface area contributed by atoms with Crippen LogP contribution < -0.4 is 10.6 Å². The number of anilines is 2. The van der Waals surface area contributed by atoms with Crippen molar-refractivity contribution in [1.82, 2.24) is 4.57 Å². The molecule has 37 heavy (non-hydrogen) atoms. The van der Waals surface area contributed by atoms with E-state index in [-0.39, 0.29) is 36.4 Å². The molecule has 0 bridgehead atoms. The van der Waals surface area contributed by atoms with E-state index < -0.39 is 0 Å². The lowest BCUT2D eigenvalue weighted by atomic mass is 10.1. The minimum Gasteiger partial charge on any atom is -0.332 e. The van der Waals surface area contributed by atoms with Gasteiger partial charge in [-0.3, -0.25) is 9.59 Å². The number of nitrogens with one attached hydrogen (secondary N) is 2. The van der Waals surface area contributed by atoms with Gasteiger partial charge in [-0.15, -0.1) is 0 Å². The van der Waals surface area contributed by atoms with Gasteiger partial charge in [-0.1, -0.05) is 42.5 Å². The third-order valence-corrected chi connectivity index (χ3v) is 5.96. The van der Waals surface area contributed by atoms with Crippen LogP contribution in [0, 0.1) is 11.6 Å². The van der Waals surface area contributed by atoms with Gasteiger partial charge >= 0.3 is 0 Å². The molecule has 0 aliphatic carbocycles. The van der Waals surface area contributed by atoms with Gasteiger partial charge in [0.2, 0.25) is 5.91 Å². The molecule has 7 heteroatoms. The molecule has 5 rings (SSSR count). The van der Waals surface area contributed by atoms with E-state index in [1.165, 1.54) is 24.3 Å². The Labute approximate surface area is 212 Å². The number of aromatic nitrogens is 1. The summed E-state index contributed by atoms with van der Waals surface area (Å²) in [5.74, 6) is -1.26. The number of fused-ring (bicyclic) bond motifs is 1. The summed E-state index contributed by atoms with van der Waals surface area (Å²) < 4.78 is 28.8. The monoisotopic (exact) mass is 495 g/mol. The van der Waals surface area contributed by atoms with Gasteiger partial charge in [0.25, 0.3) is 5.91 Å². The van der Waals surface area contributed by atoms with Crippen LogP contribution in [0.2, 0.25) is 0 Å². The number of amides is 2. The molecule has 0 saturated carbocycles. The van der Waals surface area contributed by atoms with E-state index in [2.05, 4.69) is 10.6 Å². The molecule has 2 amide bonds. The molecule has 5 nitrogen and oxygen atoms in total. The molecule has 2 N–H and O–H groups in total. The Morgan fingerprint density at radius 1 is 0.676 bits per heavy atom. The van der Waals surface area contributed by atoms with Crippen LogP contribution in [0.15, 0.2) is 103 Å². The van der Waals surface area contributed by atoms with Crippen molar-refractivity contribution in [2.24, 2.45) is 0 Å². The molecule has 1 heterocycles. The fourth-order valence-electron chi connectivity index (χ4n) is 4.23. The quantitative estimate of drug-likeness (QED) is 0.274. The van der Waals surface area contributed by atoms with E-state index in [4.69, 9.17) is 0 Å². The molecule has 0 atom stereocenters. The molecular weight excluding hydrogens is 472 g/mol. The lowest BCUT2D eigenvalue weighted by Gasteiger charge is -2.12. The molecule has 0 aliphatic rings. The Morgan fingerprint density at radius 3 is 2.22 bits per heavy atom. The zero-order valence-electron chi connectivity index (χ0n) is 19.7. The SMILES string of the molecule is O=C(Cc1ccc(F)cc1)Nc1ccc2c(c1)cc(C(=O)Nc1ccccc1)n2Cc1cccc(F)c1. The lowest BCUT2D eigenvalue weighted by molar-refractivity contribution is -0.115. The number of rotatable bonds is 7. The van der Waals surface area contributed by atoms with Crippen LogP contribution in [0.25, 0.3) is 10.9 Å². The minimum absolute atomic E-state index is 0.101. The van der Waals surface area contributed by atoms with Crippen molar-refractivity contribution in [3.8, 4) is 0 Å². The fourth-order valence-corrected chi connectivity index (χ4v) is 4.23.